The standard InChI is InChI=1S/C12H23NO/c1-10-3-5-13(6-4-10)9-11-7-12(8-11)14-2/h10-12H,3-9H2,1-2H3. The molecule has 0 radical (unpaired) electrons. The molecule has 0 aromatic carbocycles. The summed E-state index contributed by atoms with van der Waals surface area (Å²) >= 11 is 0. The minimum absolute atomic E-state index is 0.573. The summed E-state index contributed by atoms with van der Waals surface area (Å²) in [4.78, 5) is 2.65. The average molecular weight is 197 g/mol. The second-order valence-corrected chi connectivity index (χ2v) is 5.18. The summed E-state index contributed by atoms with van der Waals surface area (Å²) in [6, 6.07) is 0. The Hall–Kier alpha value is -0.0800. The Kier molecular flexibility index (Phi) is 3.45. The molecule has 1 heterocycles. The van der Waals surface area contributed by atoms with Crippen molar-refractivity contribution in [2.24, 2.45) is 11.8 Å². The Morgan fingerprint density at radius 3 is 2.43 bits per heavy atom. The quantitative estimate of drug-likeness (QED) is 0.687. The highest BCUT2D eigenvalue weighted by Gasteiger charge is 2.30. The third kappa shape index (κ3) is 2.48. The van der Waals surface area contributed by atoms with Gasteiger partial charge in [0.05, 0.1) is 6.10 Å². The molecule has 1 aliphatic heterocycles. The number of likely N-dealkylation sites (tertiary alicyclic amines) is 1. The number of methoxy groups -OCH3 is 1. The van der Waals surface area contributed by atoms with E-state index in [2.05, 4.69) is 11.8 Å². The maximum Gasteiger partial charge on any atom is 0.0577 e. The summed E-state index contributed by atoms with van der Waals surface area (Å²) < 4.78 is 5.30. The number of hydrogen-bond acceptors (Lipinski definition) is 2. The van der Waals surface area contributed by atoms with Gasteiger partial charge in [-0.15, -0.1) is 0 Å². The Bertz CT molecular complexity index is 169. The molecule has 1 saturated carbocycles. The molecule has 0 amide bonds. The lowest BCUT2D eigenvalue weighted by Crippen LogP contribution is -2.42. The summed E-state index contributed by atoms with van der Waals surface area (Å²) in [6.45, 7) is 6.36. The van der Waals surface area contributed by atoms with Gasteiger partial charge in [0.1, 0.15) is 0 Å². The normalized spacial score (nSPS) is 35.6. The fourth-order valence-electron chi connectivity index (χ4n) is 2.63. The third-order valence-corrected chi connectivity index (χ3v) is 3.92. The second-order valence-electron chi connectivity index (χ2n) is 5.18. The van der Waals surface area contributed by atoms with Crippen molar-refractivity contribution < 1.29 is 4.74 Å². The highest BCUT2D eigenvalue weighted by molar-refractivity contribution is 4.83. The van der Waals surface area contributed by atoms with E-state index in [0.29, 0.717) is 6.10 Å². The molecule has 2 heteroatoms. The van der Waals surface area contributed by atoms with Crippen molar-refractivity contribution in [2.75, 3.05) is 26.7 Å². The van der Waals surface area contributed by atoms with Crippen molar-refractivity contribution in [2.45, 2.75) is 38.7 Å². The smallest absolute Gasteiger partial charge is 0.0577 e. The summed E-state index contributed by atoms with van der Waals surface area (Å²) in [5.41, 5.74) is 0. The minimum Gasteiger partial charge on any atom is -0.381 e. The molecule has 0 atom stereocenters. The van der Waals surface area contributed by atoms with E-state index in [1.165, 1.54) is 45.3 Å². The Morgan fingerprint density at radius 2 is 1.86 bits per heavy atom. The number of piperidine rings is 1. The summed E-state index contributed by atoms with van der Waals surface area (Å²) in [7, 11) is 1.84. The van der Waals surface area contributed by atoms with Gasteiger partial charge in [-0.3, -0.25) is 0 Å². The van der Waals surface area contributed by atoms with Gasteiger partial charge < -0.3 is 9.64 Å². The van der Waals surface area contributed by atoms with Crippen LogP contribution in [0.3, 0.4) is 0 Å². The maximum absolute atomic E-state index is 5.30. The zero-order chi connectivity index (χ0) is 9.97. The van der Waals surface area contributed by atoms with Crippen LogP contribution in [0.2, 0.25) is 0 Å². The predicted octanol–water partition coefficient (Wildman–Crippen LogP) is 2.14. The first kappa shape index (κ1) is 10.4. The van der Waals surface area contributed by atoms with Crippen LogP contribution in [0, 0.1) is 11.8 Å². The molecule has 0 bridgehead atoms. The zero-order valence-electron chi connectivity index (χ0n) is 9.54. The van der Waals surface area contributed by atoms with E-state index in [9.17, 15) is 0 Å². The van der Waals surface area contributed by atoms with Gasteiger partial charge in [0.15, 0.2) is 0 Å². The Morgan fingerprint density at radius 1 is 1.21 bits per heavy atom. The first-order valence-corrected chi connectivity index (χ1v) is 6.03. The van der Waals surface area contributed by atoms with Crippen LogP contribution in [0.25, 0.3) is 0 Å². The summed E-state index contributed by atoms with van der Waals surface area (Å²) in [5, 5.41) is 0. The molecule has 0 N–H and O–H groups in total. The number of ether oxygens (including phenoxy) is 1. The lowest BCUT2D eigenvalue weighted by atomic mass is 9.81. The maximum atomic E-state index is 5.30. The monoisotopic (exact) mass is 197 g/mol. The van der Waals surface area contributed by atoms with E-state index in [1.54, 1.807) is 0 Å². The van der Waals surface area contributed by atoms with Crippen LogP contribution in [-0.4, -0.2) is 37.7 Å². The average Bonchev–Trinajstić information content (AvgIpc) is 2.13. The third-order valence-electron chi connectivity index (χ3n) is 3.92. The molecule has 0 aromatic heterocycles. The van der Waals surface area contributed by atoms with Crippen LogP contribution in [-0.2, 0) is 4.74 Å². The highest BCUT2D eigenvalue weighted by Crippen LogP contribution is 2.31. The molecular weight excluding hydrogens is 174 g/mol. The van der Waals surface area contributed by atoms with Gasteiger partial charge in [-0.25, -0.2) is 0 Å². The number of rotatable bonds is 3. The van der Waals surface area contributed by atoms with Crippen LogP contribution < -0.4 is 0 Å². The molecule has 2 nitrogen and oxygen atoms in total. The van der Waals surface area contributed by atoms with Gasteiger partial charge in [-0.05, 0) is 50.6 Å². The second kappa shape index (κ2) is 4.63. The summed E-state index contributed by atoms with van der Waals surface area (Å²) in [5.74, 6) is 1.88. The molecule has 1 aliphatic carbocycles. The Balaban J connectivity index is 1.62. The highest BCUT2D eigenvalue weighted by atomic mass is 16.5. The van der Waals surface area contributed by atoms with Crippen LogP contribution >= 0.6 is 0 Å². The number of hydrogen-bond donors (Lipinski definition) is 0. The largest absolute Gasteiger partial charge is 0.381 e. The molecule has 82 valence electrons. The van der Waals surface area contributed by atoms with Crippen molar-refractivity contribution in [3.05, 3.63) is 0 Å². The van der Waals surface area contributed by atoms with Gasteiger partial charge in [0, 0.05) is 13.7 Å². The zero-order valence-corrected chi connectivity index (χ0v) is 9.54. The minimum atomic E-state index is 0.573. The van der Waals surface area contributed by atoms with Crippen molar-refractivity contribution in [1.29, 1.82) is 0 Å². The molecule has 2 rings (SSSR count). The van der Waals surface area contributed by atoms with Gasteiger partial charge in [0.2, 0.25) is 0 Å². The van der Waals surface area contributed by atoms with Crippen molar-refractivity contribution in [3.63, 3.8) is 0 Å². The van der Waals surface area contributed by atoms with Gasteiger partial charge in [0.25, 0.3) is 0 Å². The fourth-order valence-corrected chi connectivity index (χ4v) is 2.63. The van der Waals surface area contributed by atoms with E-state index in [4.69, 9.17) is 4.74 Å². The lowest BCUT2D eigenvalue weighted by molar-refractivity contribution is -0.0139. The summed E-state index contributed by atoms with van der Waals surface area (Å²) in [6.07, 6.45) is 5.97. The van der Waals surface area contributed by atoms with Crippen LogP contribution in [0.15, 0.2) is 0 Å². The van der Waals surface area contributed by atoms with Crippen LogP contribution in [0.1, 0.15) is 32.6 Å². The van der Waals surface area contributed by atoms with Crippen molar-refractivity contribution in [3.8, 4) is 0 Å². The fraction of sp³-hybridized carbons (Fsp3) is 1.00. The lowest BCUT2D eigenvalue weighted by Gasteiger charge is -2.39. The molecule has 14 heavy (non-hydrogen) atoms. The van der Waals surface area contributed by atoms with Gasteiger partial charge in [-0.1, -0.05) is 6.92 Å². The molecule has 0 spiro atoms. The van der Waals surface area contributed by atoms with Crippen LogP contribution in [0.4, 0.5) is 0 Å². The predicted molar refractivity (Wildman–Crippen MR) is 58.4 cm³/mol. The SMILES string of the molecule is COC1CC(CN2CCC(C)CC2)C1. The molecule has 1 saturated heterocycles. The molecule has 0 aromatic rings. The Labute approximate surface area is 87.6 Å². The molecule has 0 unspecified atom stereocenters. The first-order chi connectivity index (χ1) is 6.78. The van der Waals surface area contributed by atoms with E-state index in [0.717, 1.165) is 11.8 Å². The van der Waals surface area contributed by atoms with Crippen LogP contribution in [0.5, 0.6) is 0 Å². The van der Waals surface area contributed by atoms with E-state index >= 15 is 0 Å². The topological polar surface area (TPSA) is 12.5 Å². The van der Waals surface area contributed by atoms with Gasteiger partial charge in [-0.2, -0.15) is 0 Å². The first-order valence-electron chi connectivity index (χ1n) is 6.03. The van der Waals surface area contributed by atoms with Crippen molar-refractivity contribution in [1.82, 2.24) is 4.90 Å². The van der Waals surface area contributed by atoms with E-state index < -0.39 is 0 Å². The number of nitrogens with zero attached hydrogens (tertiary/aromatic N) is 1. The van der Waals surface area contributed by atoms with E-state index in [-0.39, 0.29) is 0 Å². The molecule has 2 aliphatic rings. The molecular formula is C12H23NO. The molecule has 2 fully saturated rings. The van der Waals surface area contributed by atoms with Gasteiger partial charge >= 0.3 is 0 Å². The van der Waals surface area contributed by atoms with E-state index in [1.807, 2.05) is 7.11 Å². The van der Waals surface area contributed by atoms with Crippen molar-refractivity contribution >= 4 is 0 Å².